The lowest BCUT2D eigenvalue weighted by atomic mass is 10.4. The molecule has 0 bridgehead atoms. The maximum Gasteiger partial charge on any atom is 0.181 e. The van der Waals surface area contributed by atoms with Crippen molar-refractivity contribution in [2.75, 3.05) is 5.32 Å². The quantitative estimate of drug-likeness (QED) is 0.500. The first kappa shape index (κ1) is 8.52. The average molecular weight is 182 g/mol. The largest absolute Gasteiger partial charge is 0.361 e. The minimum absolute atomic E-state index is 0.481. The molecular formula is C8H14N4O. The molecule has 0 saturated heterocycles. The zero-order chi connectivity index (χ0) is 9.26. The number of H-pyrrole nitrogens is 1. The molecule has 0 aliphatic heterocycles. The summed E-state index contributed by atoms with van der Waals surface area (Å²) in [6, 6.07) is 0.481. The summed E-state index contributed by atoms with van der Waals surface area (Å²) >= 11 is 0. The van der Waals surface area contributed by atoms with Crippen LogP contribution in [-0.4, -0.2) is 27.7 Å². The van der Waals surface area contributed by atoms with Gasteiger partial charge in [-0.15, -0.1) is 0 Å². The summed E-state index contributed by atoms with van der Waals surface area (Å²) in [5.41, 5.74) is 1.76. The Morgan fingerprint density at radius 2 is 2.46 bits per heavy atom. The van der Waals surface area contributed by atoms with Gasteiger partial charge in [0.15, 0.2) is 6.35 Å². The van der Waals surface area contributed by atoms with E-state index < -0.39 is 6.35 Å². The van der Waals surface area contributed by atoms with Crippen molar-refractivity contribution >= 4 is 5.69 Å². The van der Waals surface area contributed by atoms with Gasteiger partial charge in [-0.2, -0.15) is 5.10 Å². The fraction of sp³-hybridized carbons (Fsp3) is 0.625. The van der Waals surface area contributed by atoms with Crippen molar-refractivity contribution < 1.29 is 5.11 Å². The van der Waals surface area contributed by atoms with Gasteiger partial charge in [0.1, 0.15) is 0 Å². The number of aromatic amines is 1. The van der Waals surface area contributed by atoms with Crippen LogP contribution in [0, 0.1) is 6.92 Å². The lowest BCUT2D eigenvalue weighted by Gasteiger charge is -2.14. The highest BCUT2D eigenvalue weighted by atomic mass is 16.3. The molecule has 0 radical (unpaired) electrons. The number of rotatable bonds is 4. The van der Waals surface area contributed by atoms with E-state index >= 15 is 0 Å². The molecular weight excluding hydrogens is 168 g/mol. The number of aryl methyl sites for hydroxylation is 1. The number of aliphatic hydroxyl groups is 1. The molecule has 0 amide bonds. The number of anilines is 1. The molecule has 1 fully saturated rings. The first-order valence-corrected chi connectivity index (χ1v) is 4.46. The second kappa shape index (κ2) is 3.35. The standard InChI is InChI=1S/C8H14N4O/c1-5-7(4-9-12-5)11-8(13)10-6-2-3-6/h4,6,8,10-11,13H,2-3H2,1H3,(H,9,12). The average Bonchev–Trinajstić information content (AvgIpc) is 2.79. The number of nitrogens with one attached hydrogen (secondary N) is 3. The van der Waals surface area contributed by atoms with Gasteiger partial charge in [-0.05, 0) is 19.8 Å². The molecule has 0 spiro atoms. The second-order valence-electron chi connectivity index (χ2n) is 3.40. The van der Waals surface area contributed by atoms with Crippen molar-refractivity contribution in [3.8, 4) is 0 Å². The zero-order valence-electron chi connectivity index (χ0n) is 7.54. The van der Waals surface area contributed by atoms with Crippen molar-refractivity contribution in [1.29, 1.82) is 0 Å². The topological polar surface area (TPSA) is 73.0 Å². The van der Waals surface area contributed by atoms with Gasteiger partial charge in [-0.25, -0.2) is 0 Å². The summed E-state index contributed by atoms with van der Waals surface area (Å²) in [4.78, 5) is 0. The molecule has 1 aliphatic carbocycles. The van der Waals surface area contributed by atoms with E-state index in [1.807, 2.05) is 6.92 Å². The maximum atomic E-state index is 9.49. The van der Waals surface area contributed by atoms with E-state index in [4.69, 9.17) is 0 Å². The summed E-state index contributed by atoms with van der Waals surface area (Å²) < 4.78 is 0. The number of nitrogens with zero attached hydrogens (tertiary/aromatic N) is 1. The van der Waals surface area contributed by atoms with Crippen LogP contribution in [-0.2, 0) is 0 Å². The van der Waals surface area contributed by atoms with E-state index in [0.717, 1.165) is 24.2 Å². The van der Waals surface area contributed by atoms with Crippen molar-refractivity contribution in [3.05, 3.63) is 11.9 Å². The maximum absolute atomic E-state index is 9.49. The van der Waals surface area contributed by atoms with E-state index in [2.05, 4.69) is 20.8 Å². The first-order valence-electron chi connectivity index (χ1n) is 4.46. The van der Waals surface area contributed by atoms with E-state index in [-0.39, 0.29) is 0 Å². The summed E-state index contributed by atoms with van der Waals surface area (Å²) in [6.45, 7) is 1.90. The van der Waals surface area contributed by atoms with Gasteiger partial charge in [0, 0.05) is 6.04 Å². The Balaban J connectivity index is 1.85. The Kier molecular flexibility index (Phi) is 2.20. The van der Waals surface area contributed by atoms with Gasteiger partial charge < -0.3 is 10.4 Å². The molecule has 1 unspecified atom stereocenters. The Morgan fingerprint density at radius 3 is 3.00 bits per heavy atom. The molecule has 2 rings (SSSR count). The van der Waals surface area contributed by atoms with Crippen LogP contribution in [0.2, 0.25) is 0 Å². The van der Waals surface area contributed by atoms with Crippen LogP contribution in [0.15, 0.2) is 6.20 Å². The Hall–Kier alpha value is -1.07. The molecule has 1 heterocycles. The van der Waals surface area contributed by atoms with E-state index in [9.17, 15) is 5.11 Å². The normalized spacial score (nSPS) is 18.6. The van der Waals surface area contributed by atoms with Gasteiger partial charge in [-0.3, -0.25) is 10.4 Å². The molecule has 13 heavy (non-hydrogen) atoms. The van der Waals surface area contributed by atoms with Crippen LogP contribution in [0.4, 0.5) is 5.69 Å². The Bertz CT molecular complexity index is 281. The second-order valence-corrected chi connectivity index (χ2v) is 3.40. The highest BCUT2D eigenvalue weighted by Gasteiger charge is 2.23. The van der Waals surface area contributed by atoms with Gasteiger partial charge in [0.05, 0.1) is 17.6 Å². The lowest BCUT2D eigenvalue weighted by molar-refractivity contribution is 0.163. The van der Waals surface area contributed by atoms with Crippen molar-refractivity contribution in [2.45, 2.75) is 32.2 Å². The lowest BCUT2D eigenvalue weighted by Crippen LogP contribution is -2.37. The molecule has 0 aromatic carbocycles. The molecule has 4 N–H and O–H groups in total. The summed E-state index contributed by atoms with van der Waals surface area (Å²) in [5.74, 6) is 0. The zero-order valence-corrected chi connectivity index (χ0v) is 7.54. The van der Waals surface area contributed by atoms with E-state index in [1.165, 1.54) is 0 Å². The third-order valence-corrected chi connectivity index (χ3v) is 2.09. The minimum atomic E-state index is -0.677. The molecule has 1 atom stereocenters. The Morgan fingerprint density at radius 1 is 1.69 bits per heavy atom. The van der Waals surface area contributed by atoms with Crippen LogP contribution in [0.25, 0.3) is 0 Å². The molecule has 1 aliphatic rings. The smallest absolute Gasteiger partial charge is 0.181 e. The number of hydrogen-bond donors (Lipinski definition) is 4. The molecule has 1 saturated carbocycles. The molecule has 72 valence electrons. The summed E-state index contributed by atoms with van der Waals surface area (Å²) in [6.07, 6.45) is 3.29. The van der Waals surface area contributed by atoms with Crippen LogP contribution < -0.4 is 10.6 Å². The first-order chi connectivity index (χ1) is 6.25. The van der Waals surface area contributed by atoms with Crippen LogP contribution in [0.1, 0.15) is 18.5 Å². The third kappa shape index (κ3) is 2.19. The van der Waals surface area contributed by atoms with Gasteiger partial charge in [-0.1, -0.05) is 0 Å². The monoisotopic (exact) mass is 182 g/mol. The summed E-state index contributed by atoms with van der Waals surface area (Å²) in [7, 11) is 0. The van der Waals surface area contributed by atoms with Gasteiger partial charge in [0.2, 0.25) is 0 Å². The number of aromatic nitrogens is 2. The van der Waals surface area contributed by atoms with Crippen LogP contribution in [0.5, 0.6) is 0 Å². The van der Waals surface area contributed by atoms with Crippen molar-refractivity contribution in [2.24, 2.45) is 0 Å². The fourth-order valence-corrected chi connectivity index (χ4v) is 1.16. The molecule has 1 aromatic rings. The van der Waals surface area contributed by atoms with Gasteiger partial charge >= 0.3 is 0 Å². The third-order valence-electron chi connectivity index (χ3n) is 2.09. The SMILES string of the molecule is Cc1[nH]ncc1NC(O)NC1CC1. The Labute approximate surface area is 76.5 Å². The number of aliphatic hydroxyl groups excluding tert-OH is 1. The van der Waals surface area contributed by atoms with E-state index in [1.54, 1.807) is 6.20 Å². The molecule has 5 nitrogen and oxygen atoms in total. The van der Waals surface area contributed by atoms with Gasteiger partial charge in [0.25, 0.3) is 0 Å². The van der Waals surface area contributed by atoms with Crippen molar-refractivity contribution in [3.63, 3.8) is 0 Å². The predicted molar refractivity (Wildman–Crippen MR) is 49.1 cm³/mol. The van der Waals surface area contributed by atoms with Crippen molar-refractivity contribution in [1.82, 2.24) is 15.5 Å². The number of hydrogen-bond acceptors (Lipinski definition) is 4. The molecule has 1 aromatic heterocycles. The predicted octanol–water partition coefficient (Wildman–Crippen LogP) is 0.158. The van der Waals surface area contributed by atoms with Crippen LogP contribution in [0.3, 0.4) is 0 Å². The van der Waals surface area contributed by atoms with Crippen LogP contribution >= 0.6 is 0 Å². The summed E-state index contributed by atoms with van der Waals surface area (Å²) in [5, 5.41) is 22.1. The molecule has 5 heteroatoms. The minimum Gasteiger partial charge on any atom is -0.361 e. The highest BCUT2D eigenvalue weighted by molar-refractivity contribution is 5.45. The highest BCUT2D eigenvalue weighted by Crippen LogP contribution is 2.19. The fourth-order valence-electron chi connectivity index (χ4n) is 1.16. The van der Waals surface area contributed by atoms with E-state index in [0.29, 0.717) is 6.04 Å².